The maximum absolute atomic E-state index is 13.4. The smallest absolute Gasteiger partial charge is 0.258 e. The quantitative estimate of drug-likeness (QED) is 0.437. The van der Waals surface area contributed by atoms with Crippen molar-refractivity contribution in [2.75, 3.05) is 11.1 Å². The summed E-state index contributed by atoms with van der Waals surface area (Å²) in [5.41, 5.74) is 11.2. The van der Waals surface area contributed by atoms with Gasteiger partial charge in [-0.3, -0.25) is 4.79 Å². The number of rotatable bonds is 5. The first-order valence-corrected chi connectivity index (χ1v) is 9.80. The first kappa shape index (κ1) is 19.4. The highest BCUT2D eigenvalue weighted by Crippen LogP contribution is 2.39. The van der Waals surface area contributed by atoms with Gasteiger partial charge in [-0.25, -0.2) is 9.97 Å². The number of nitrogens with one attached hydrogen (secondary N) is 2. The number of nitrogens with two attached hydrogens (primary N) is 1. The SMILES string of the molecule is CC(C)c1[nH]c(-c2cnc(N)nc2)c(-c2ccccc2)c1C(=O)Nc1ccccc1. The number of aromatic amines is 1. The predicted octanol–water partition coefficient (Wildman–Crippen LogP) is 5.10. The van der Waals surface area contributed by atoms with Crippen LogP contribution in [0.2, 0.25) is 0 Å². The Bertz CT molecular complexity index is 1150. The predicted molar refractivity (Wildman–Crippen MR) is 120 cm³/mol. The van der Waals surface area contributed by atoms with E-state index < -0.39 is 0 Å². The fourth-order valence-corrected chi connectivity index (χ4v) is 3.48. The van der Waals surface area contributed by atoms with Crippen molar-refractivity contribution in [1.82, 2.24) is 15.0 Å². The van der Waals surface area contributed by atoms with Crippen LogP contribution < -0.4 is 11.1 Å². The molecule has 150 valence electrons. The average Bonchev–Trinajstić information content (AvgIpc) is 3.17. The molecule has 0 saturated heterocycles. The highest BCUT2D eigenvalue weighted by Gasteiger charge is 2.26. The van der Waals surface area contributed by atoms with Crippen molar-refractivity contribution in [3.8, 4) is 22.4 Å². The number of anilines is 2. The van der Waals surface area contributed by atoms with Crippen LogP contribution in [-0.4, -0.2) is 20.9 Å². The minimum absolute atomic E-state index is 0.104. The van der Waals surface area contributed by atoms with E-state index in [4.69, 9.17) is 5.73 Å². The summed E-state index contributed by atoms with van der Waals surface area (Å²) >= 11 is 0. The lowest BCUT2D eigenvalue weighted by atomic mass is 9.95. The van der Waals surface area contributed by atoms with E-state index in [1.54, 1.807) is 12.4 Å². The van der Waals surface area contributed by atoms with Crippen LogP contribution in [0.1, 0.15) is 35.8 Å². The number of nitrogen functional groups attached to an aromatic ring is 1. The summed E-state index contributed by atoms with van der Waals surface area (Å²) in [4.78, 5) is 25.2. The Morgan fingerprint density at radius 2 is 1.53 bits per heavy atom. The van der Waals surface area contributed by atoms with Gasteiger partial charge in [-0.1, -0.05) is 62.4 Å². The van der Waals surface area contributed by atoms with Crippen LogP contribution in [0.3, 0.4) is 0 Å². The summed E-state index contributed by atoms with van der Waals surface area (Å²) < 4.78 is 0. The van der Waals surface area contributed by atoms with Crippen LogP contribution in [0, 0.1) is 0 Å². The van der Waals surface area contributed by atoms with Crippen molar-refractivity contribution in [2.45, 2.75) is 19.8 Å². The summed E-state index contributed by atoms with van der Waals surface area (Å²) in [6, 6.07) is 19.3. The first-order valence-electron chi connectivity index (χ1n) is 9.80. The molecule has 0 atom stereocenters. The summed E-state index contributed by atoms with van der Waals surface area (Å²) in [5.74, 6) is 0.146. The van der Waals surface area contributed by atoms with E-state index in [-0.39, 0.29) is 17.8 Å². The van der Waals surface area contributed by atoms with E-state index in [0.717, 1.165) is 33.8 Å². The Morgan fingerprint density at radius 3 is 2.13 bits per heavy atom. The maximum atomic E-state index is 13.4. The Morgan fingerprint density at radius 1 is 0.933 bits per heavy atom. The Balaban J connectivity index is 1.93. The zero-order valence-corrected chi connectivity index (χ0v) is 16.9. The highest BCUT2D eigenvalue weighted by atomic mass is 16.1. The Hall–Kier alpha value is -3.93. The molecular formula is C24H23N5O. The fraction of sp³-hybridized carbons (Fsp3) is 0.125. The number of carbonyl (C=O) groups is 1. The first-order chi connectivity index (χ1) is 14.5. The third-order valence-corrected chi connectivity index (χ3v) is 4.89. The zero-order chi connectivity index (χ0) is 21.1. The molecule has 0 fully saturated rings. The molecule has 4 aromatic rings. The third kappa shape index (κ3) is 3.80. The molecule has 4 N–H and O–H groups in total. The maximum Gasteiger partial charge on any atom is 0.258 e. The third-order valence-electron chi connectivity index (χ3n) is 4.89. The summed E-state index contributed by atoms with van der Waals surface area (Å²) in [7, 11) is 0. The van der Waals surface area contributed by atoms with E-state index in [1.165, 1.54) is 0 Å². The van der Waals surface area contributed by atoms with Gasteiger partial charge in [0, 0.05) is 34.9 Å². The van der Waals surface area contributed by atoms with Gasteiger partial charge in [0.1, 0.15) is 0 Å². The molecule has 0 aliphatic heterocycles. The van der Waals surface area contributed by atoms with Gasteiger partial charge in [-0.05, 0) is 23.6 Å². The van der Waals surface area contributed by atoms with Crippen LogP contribution in [0.15, 0.2) is 73.1 Å². The average molecular weight is 397 g/mol. The molecule has 2 aromatic heterocycles. The molecule has 0 spiro atoms. The lowest BCUT2D eigenvalue weighted by Gasteiger charge is -2.11. The lowest BCUT2D eigenvalue weighted by molar-refractivity contribution is 0.102. The van der Waals surface area contributed by atoms with Gasteiger partial charge < -0.3 is 16.0 Å². The number of para-hydroxylation sites is 1. The van der Waals surface area contributed by atoms with Crippen molar-refractivity contribution in [3.63, 3.8) is 0 Å². The molecule has 4 rings (SSSR count). The number of carbonyl (C=O) groups excluding carboxylic acids is 1. The van der Waals surface area contributed by atoms with E-state index in [1.807, 2.05) is 60.7 Å². The normalized spacial score (nSPS) is 10.9. The topological polar surface area (TPSA) is 96.7 Å². The van der Waals surface area contributed by atoms with Crippen molar-refractivity contribution in [3.05, 3.63) is 84.3 Å². The number of aromatic nitrogens is 3. The summed E-state index contributed by atoms with van der Waals surface area (Å²) in [5, 5.41) is 3.03. The minimum atomic E-state index is -0.164. The largest absolute Gasteiger partial charge is 0.368 e. The van der Waals surface area contributed by atoms with Gasteiger partial charge in [-0.2, -0.15) is 0 Å². The van der Waals surface area contributed by atoms with Gasteiger partial charge >= 0.3 is 0 Å². The Labute approximate surface area is 175 Å². The van der Waals surface area contributed by atoms with E-state index in [9.17, 15) is 4.79 Å². The number of nitrogens with zero attached hydrogens (tertiary/aromatic N) is 2. The number of hydrogen-bond donors (Lipinski definition) is 3. The van der Waals surface area contributed by atoms with Crippen molar-refractivity contribution < 1.29 is 4.79 Å². The second kappa shape index (κ2) is 8.21. The monoisotopic (exact) mass is 397 g/mol. The van der Waals surface area contributed by atoms with Gasteiger partial charge in [-0.15, -0.1) is 0 Å². The fourth-order valence-electron chi connectivity index (χ4n) is 3.48. The second-order valence-electron chi connectivity index (χ2n) is 7.33. The molecule has 0 aliphatic carbocycles. The summed E-state index contributed by atoms with van der Waals surface area (Å²) in [6.07, 6.45) is 3.34. The van der Waals surface area contributed by atoms with Gasteiger partial charge in [0.15, 0.2) is 0 Å². The van der Waals surface area contributed by atoms with Crippen LogP contribution in [0.25, 0.3) is 22.4 Å². The van der Waals surface area contributed by atoms with Crippen LogP contribution in [-0.2, 0) is 0 Å². The molecule has 2 heterocycles. The van der Waals surface area contributed by atoms with E-state index >= 15 is 0 Å². The molecule has 1 amide bonds. The number of hydrogen-bond acceptors (Lipinski definition) is 4. The van der Waals surface area contributed by atoms with Crippen LogP contribution >= 0.6 is 0 Å². The molecule has 2 aromatic carbocycles. The molecular weight excluding hydrogens is 374 g/mol. The second-order valence-corrected chi connectivity index (χ2v) is 7.33. The molecule has 6 nitrogen and oxygen atoms in total. The summed E-state index contributed by atoms with van der Waals surface area (Å²) in [6.45, 7) is 4.12. The molecule has 0 saturated carbocycles. The van der Waals surface area contributed by atoms with Gasteiger partial charge in [0.2, 0.25) is 5.95 Å². The number of H-pyrrole nitrogens is 1. The highest BCUT2D eigenvalue weighted by molar-refractivity contribution is 6.12. The molecule has 0 aliphatic rings. The van der Waals surface area contributed by atoms with Crippen molar-refractivity contribution in [1.29, 1.82) is 0 Å². The Kier molecular flexibility index (Phi) is 5.30. The molecule has 6 heteroatoms. The van der Waals surface area contributed by atoms with E-state index in [0.29, 0.717) is 5.56 Å². The number of amides is 1. The van der Waals surface area contributed by atoms with Crippen LogP contribution in [0.4, 0.5) is 11.6 Å². The van der Waals surface area contributed by atoms with E-state index in [2.05, 4.69) is 34.1 Å². The standard InChI is InChI=1S/C24H23N5O/c1-15(2)21-20(23(30)28-18-11-7-4-8-12-18)19(16-9-5-3-6-10-16)22(29-21)17-13-26-24(25)27-14-17/h3-15,29H,1-2H3,(H,28,30)(H2,25,26,27). The van der Waals surface area contributed by atoms with Crippen molar-refractivity contribution in [2.24, 2.45) is 0 Å². The molecule has 30 heavy (non-hydrogen) atoms. The minimum Gasteiger partial charge on any atom is -0.368 e. The zero-order valence-electron chi connectivity index (χ0n) is 16.9. The molecule has 0 unspecified atom stereocenters. The van der Waals surface area contributed by atoms with Crippen LogP contribution in [0.5, 0.6) is 0 Å². The molecule has 0 bridgehead atoms. The van der Waals surface area contributed by atoms with Crippen molar-refractivity contribution >= 4 is 17.5 Å². The molecule has 0 radical (unpaired) electrons. The number of benzene rings is 2. The van der Waals surface area contributed by atoms with Gasteiger partial charge in [0.05, 0.1) is 11.3 Å². The lowest BCUT2D eigenvalue weighted by Crippen LogP contribution is -2.14. The van der Waals surface area contributed by atoms with Gasteiger partial charge in [0.25, 0.3) is 5.91 Å².